The SMILES string of the molecule is CCCc1cc(C(=O)N2CCCC2c2ccc(C)cc2)no1. The van der Waals surface area contributed by atoms with Crippen LogP contribution in [0.1, 0.15) is 59.6 Å². The Morgan fingerprint density at radius 3 is 2.86 bits per heavy atom. The van der Waals surface area contributed by atoms with Crippen LogP contribution in [0.5, 0.6) is 0 Å². The summed E-state index contributed by atoms with van der Waals surface area (Å²) in [5, 5.41) is 3.96. The molecule has 1 unspecified atom stereocenters. The summed E-state index contributed by atoms with van der Waals surface area (Å²) in [7, 11) is 0. The first-order chi connectivity index (χ1) is 10.7. The van der Waals surface area contributed by atoms with Gasteiger partial charge in [-0.05, 0) is 31.7 Å². The molecule has 1 aromatic carbocycles. The van der Waals surface area contributed by atoms with Crippen molar-refractivity contribution < 1.29 is 9.32 Å². The summed E-state index contributed by atoms with van der Waals surface area (Å²) in [5.74, 6) is 0.770. The van der Waals surface area contributed by atoms with Gasteiger partial charge in [-0.15, -0.1) is 0 Å². The summed E-state index contributed by atoms with van der Waals surface area (Å²) in [4.78, 5) is 14.6. The summed E-state index contributed by atoms with van der Waals surface area (Å²) < 4.78 is 5.24. The molecule has 0 N–H and O–H groups in total. The highest BCUT2D eigenvalue weighted by atomic mass is 16.5. The van der Waals surface area contributed by atoms with Crippen molar-refractivity contribution in [1.82, 2.24) is 10.1 Å². The van der Waals surface area contributed by atoms with E-state index in [4.69, 9.17) is 4.52 Å². The second-order valence-corrected chi connectivity index (χ2v) is 6.00. The summed E-state index contributed by atoms with van der Waals surface area (Å²) in [5.41, 5.74) is 2.87. The van der Waals surface area contributed by atoms with Crippen LogP contribution >= 0.6 is 0 Å². The smallest absolute Gasteiger partial charge is 0.276 e. The first-order valence-corrected chi connectivity index (χ1v) is 8.02. The lowest BCUT2D eigenvalue weighted by Gasteiger charge is -2.24. The Labute approximate surface area is 131 Å². The number of rotatable bonds is 4. The molecule has 0 saturated carbocycles. The molecule has 1 aromatic heterocycles. The predicted molar refractivity (Wildman–Crippen MR) is 84.7 cm³/mol. The van der Waals surface area contributed by atoms with Gasteiger partial charge in [-0.25, -0.2) is 0 Å². The second kappa shape index (κ2) is 6.34. The maximum absolute atomic E-state index is 12.7. The molecule has 4 heteroatoms. The molecule has 3 rings (SSSR count). The fraction of sp³-hybridized carbons (Fsp3) is 0.444. The number of benzene rings is 1. The first kappa shape index (κ1) is 14.8. The zero-order valence-corrected chi connectivity index (χ0v) is 13.2. The van der Waals surface area contributed by atoms with Crippen LogP contribution in [0.2, 0.25) is 0 Å². The van der Waals surface area contributed by atoms with Crippen LogP contribution in [0.3, 0.4) is 0 Å². The molecule has 2 aromatic rings. The Kier molecular flexibility index (Phi) is 4.27. The number of hydrogen-bond acceptors (Lipinski definition) is 3. The second-order valence-electron chi connectivity index (χ2n) is 6.00. The third kappa shape index (κ3) is 2.91. The summed E-state index contributed by atoms with van der Waals surface area (Å²) >= 11 is 0. The first-order valence-electron chi connectivity index (χ1n) is 8.02. The van der Waals surface area contributed by atoms with Crippen molar-refractivity contribution in [3.63, 3.8) is 0 Å². The number of aryl methyl sites for hydroxylation is 2. The van der Waals surface area contributed by atoms with Crippen molar-refractivity contribution in [3.05, 3.63) is 52.9 Å². The predicted octanol–water partition coefficient (Wildman–Crippen LogP) is 3.91. The fourth-order valence-electron chi connectivity index (χ4n) is 3.07. The molecule has 0 radical (unpaired) electrons. The molecule has 4 nitrogen and oxygen atoms in total. The van der Waals surface area contributed by atoms with E-state index in [1.54, 1.807) is 6.07 Å². The third-order valence-corrected chi connectivity index (χ3v) is 4.25. The Morgan fingerprint density at radius 2 is 2.14 bits per heavy atom. The maximum Gasteiger partial charge on any atom is 0.276 e. The van der Waals surface area contributed by atoms with Crippen molar-refractivity contribution in [3.8, 4) is 0 Å². The minimum Gasteiger partial charge on any atom is -0.361 e. The topological polar surface area (TPSA) is 46.3 Å². The average molecular weight is 298 g/mol. The van der Waals surface area contributed by atoms with Gasteiger partial charge in [0, 0.05) is 19.0 Å². The molecule has 1 aliphatic heterocycles. The molecule has 0 bridgehead atoms. The van der Waals surface area contributed by atoms with Gasteiger partial charge in [0.15, 0.2) is 5.69 Å². The van der Waals surface area contributed by atoms with Crippen molar-refractivity contribution in [1.29, 1.82) is 0 Å². The highest BCUT2D eigenvalue weighted by molar-refractivity contribution is 5.92. The van der Waals surface area contributed by atoms with E-state index in [1.165, 1.54) is 11.1 Å². The van der Waals surface area contributed by atoms with Crippen molar-refractivity contribution in [2.45, 2.75) is 45.6 Å². The van der Waals surface area contributed by atoms with Gasteiger partial charge in [0.2, 0.25) is 0 Å². The van der Waals surface area contributed by atoms with Crippen LogP contribution in [0.15, 0.2) is 34.9 Å². The number of likely N-dealkylation sites (tertiary alicyclic amines) is 1. The number of hydrogen-bond donors (Lipinski definition) is 0. The standard InChI is InChI=1S/C18H22N2O2/c1-3-5-15-12-16(19-22-15)18(21)20-11-4-6-17(20)14-9-7-13(2)8-10-14/h7-10,12,17H,3-6,11H2,1-2H3. The van der Waals surface area contributed by atoms with Gasteiger partial charge in [-0.3, -0.25) is 4.79 Å². The lowest BCUT2D eigenvalue weighted by molar-refractivity contribution is 0.0725. The molecule has 0 aliphatic carbocycles. The van der Waals surface area contributed by atoms with E-state index in [2.05, 4.69) is 43.3 Å². The Bertz CT molecular complexity index is 645. The largest absolute Gasteiger partial charge is 0.361 e. The molecule has 1 amide bonds. The molecule has 1 fully saturated rings. The molecule has 0 spiro atoms. The van der Waals surface area contributed by atoms with Crippen LogP contribution in [-0.2, 0) is 6.42 Å². The van der Waals surface area contributed by atoms with Gasteiger partial charge >= 0.3 is 0 Å². The van der Waals surface area contributed by atoms with Gasteiger partial charge in [0.25, 0.3) is 5.91 Å². The summed E-state index contributed by atoms with van der Waals surface area (Å²) in [6.07, 6.45) is 3.85. The lowest BCUT2D eigenvalue weighted by atomic mass is 10.0. The molecule has 1 aliphatic rings. The van der Waals surface area contributed by atoms with E-state index >= 15 is 0 Å². The number of amides is 1. The van der Waals surface area contributed by atoms with Crippen molar-refractivity contribution in [2.24, 2.45) is 0 Å². The van der Waals surface area contributed by atoms with Gasteiger partial charge < -0.3 is 9.42 Å². The fourth-order valence-corrected chi connectivity index (χ4v) is 3.07. The molecule has 22 heavy (non-hydrogen) atoms. The molecular weight excluding hydrogens is 276 g/mol. The summed E-state index contributed by atoms with van der Waals surface area (Å²) in [6, 6.07) is 10.4. The van der Waals surface area contributed by atoms with Crippen LogP contribution in [-0.4, -0.2) is 22.5 Å². The molecule has 116 valence electrons. The van der Waals surface area contributed by atoms with E-state index < -0.39 is 0 Å². The van der Waals surface area contributed by atoms with Crippen LogP contribution in [0.25, 0.3) is 0 Å². The van der Waals surface area contributed by atoms with Gasteiger partial charge in [0.1, 0.15) is 5.76 Å². The minimum atomic E-state index is -0.0193. The van der Waals surface area contributed by atoms with E-state index in [0.29, 0.717) is 5.69 Å². The van der Waals surface area contributed by atoms with Gasteiger partial charge in [0.05, 0.1) is 6.04 Å². The van der Waals surface area contributed by atoms with E-state index in [-0.39, 0.29) is 11.9 Å². The van der Waals surface area contributed by atoms with E-state index in [1.807, 2.05) is 4.90 Å². The third-order valence-electron chi connectivity index (χ3n) is 4.25. The highest BCUT2D eigenvalue weighted by Crippen LogP contribution is 2.33. The zero-order valence-electron chi connectivity index (χ0n) is 13.2. The minimum absolute atomic E-state index is 0.0193. The maximum atomic E-state index is 12.7. The Morgan fingerprint density at radius 1 is 1.36 bits per heavy atom. The zero-order chi connectivity index (χ0) is 15.5. The normalized spacial score (nSPS) is 17.9. The van der Waals surface area contributed by atoms with Gasteiger partial charge in [-0.2, -0.15) is 0 Å². The monoisotopic (exact) mass is 298 g/mol. The Balaban J connectivity index is 1.79. The molecular formula is C18H22N2O2. The number of aromatic nitrogens is 1. The van der Waals surface area contributed by atoms with Crippen LogP contribution in [0, 0.1) is 6.92 Å². The summed E-state index contributed by atoms with van der Waals surface area (Å²) in [6.45, 7) is 4.94. The van der Waals surface area contributed by atoms with E-state index in [9.17, 15) is 4.79 Å². The van der Waals surface area contributed by atoms with Gasteiger partial charge in [-0.1, -0.05) is 41.9 Å². The number of nitrogens with zero attached hydrogens (tertiary/aromatic N) is 2. The van der Waals surface area contributed by atoms with Crippen LogP contribution < -0.4 is 0 Å². The molecule has 2 heterocycles. The quantitative estimate of drug-likeness (QED) is 0.859. The lowest BCUT2D eigenvalue weighted by Crippen LogP contribution is -2.30. The Hall–Kier alpha value is -2.10. The number of carbonyl (C=O) groups is 1. The number of carbonyl (C=O) groups excluding carboxylic acids is 1. The van der Waals surface area contributed by atoms with Crippen LogP contribution in [0.4, 0.5) is 0 Å². The van der Waals surface area contributed by atoms with E-state index in [0.717, 1.165) is 38.0 Å². The highest BCUT2D eigenvalue weighted by Gasteiger charge is 2.32. The average Bonchev–Trinajstić information content (AvgIpc) is 3.17. The van der Waals surface area contributed by atoms with Crippen molar-refractivity contribution in [2.75, 3.05) is 6.54 Å². The van der Waals surface area contributed by atoms with Crippen molar-refractivity contribution >= 4 is 5.91 Å². The molecule has 1 saturated heterocycles. The molecule has 1 atom stereocenters.